The van der Waals surface area contributed by atoms with Gasteiger partial charge in [0, 0.05) is 43.8 Å². The average molecular weight is 460 g/mol. The van der Waals surface area contributed by atoms with Crippen LogP contribution in [0.5, 0.6) is 0 Å². The Morgan fingerprint density at radius 2 is 1.97 bits per heavy atom. The van der Waals surface area contributed by atoms with Crippen molar-refractivity contribution in [3.8, 4) is 0 Å². The van der Waals surface area contributed by atoms with Crippen molar-refractivity contribution in [1.29, 1.82) is 0 Å². The summed E-state index contributed by atoms with van der Waals surface area (Å²) in [7, 11) is 4.15. The van der Waals surface area contributed by atoms with Crippen LogP contribution in [0.15, 0.2) is 29.1 Å². The summed E-state index contributed by atoms with van der Waals surface area (Å²) >= 11 is 5.74. The van der Waals surface area contributed by atoms with Gasteiger partial charge in [-0.05, 0) is 75.7 Å². The molecule has 176 valence electrons. The van der Waals surface area contributed by atoms with Gasteiger partial charge in [0.05, 0.1) is 19.8 Å². The van der Waals surface area contributed by atoms with Crippen molar-refractivity contribution in [1.82, 2.24) is 25.0 Å². The molecule has 0 atom stereocenters. The molecule has 0 radical (unpaired) electrons. The number of thiocarbonyl (C=S) groups is 1. The van der Waals surface area contributed by atoms with E-state index in [4.69, 9.17) is 17.0 Å². The fraction of sp³-hybridized carbons (Fsp3) is 0.583. The molecule has 1 aliphatic heterocycles. The van der Waals surface area contributed by atoms with E-state index in [1.54, 1.807) is 0 Å². The molecule has 7 nitrogen and oxygen atoms in total. The number of ether oxygens (including phenoxy) is 1. The number of fused-ring (bicyclic) bond motifs is 1. The SMILES string of the molecule is Cc1ccc2cc(CN(CCCN3CCOCC3)C(=S)NCCCN(C)C)c(=O)[nH]c2c1. The standard InChI is InChI=1S/C24H37N5O2S/c1-19-6-7-20-17-21(23(30)26-22(20)16-19)18-29(24(32)25-8-4-9-27(2)3)11-5-10-28-12-14-31-15-13-28/h6-7,16-17H,4-5,8-15,18H2,1-3H3,(H,25,32)(H,26,30). The van der Waals surface area contributed by atoms with Crippen LogP contribution in [-0.4, -0.2) is 91.4 Å². The molecule has 32 heavy (non-hydrogen) atoms. The smallest absolute Gasteiger partial charge is 0.253 e. The van der Waals surface area contributed by atoms with Gasteiger partial charge in [-0.25, -0.2) is 0 Å². The second-order valence-corrected chi connectivity index (χ2v) is 9.22. The number of hydrogen-bond acceptors (Lipinski definition) is 5. The van der Waals surface area contributed by atoms with Crippen LogP contribution in [0.1, 0.15) is 24.0 Å². The van der Waals surface area contributed by atoms with Gasteiger partial charge in [0.25, 0.3) is 5.56 Å². The first-order chi connectivity index (χ1) is 15.4. The highest BCUT2D eigenvalue weighted by Crippen LogP contribution is 2.14. The number of aromatic nitrogens is 1. The van der Waals surface area contributed by atoms with Gasteiger partial charge in [-0.15, -0.1) is 0 Å². The van der Waals surface area contributed by atoms with Crippen LogP contribution in [0.25, 0.3) is 10.9 Å². The Morgan fingerprint density at radius 1 is 1.19 bits per heavy atom. The number of pyridine rings is 1. The Morgan fingerprint density at radius 3 is 2.72 bits per heavy atom. The highest BCUT2D eigenvalue weighted by atomic mass is 32.1. The zero-order valence-electron chi connectivity index (χ0n) is 19.7. The maximum absolute atomic E-state index is 12.8. The summed E-state index contributed by atoms with van der Waals surface area (Å²) in [5.41, 5.74) is 2.71. The molecule has 1 fully saturated rings. The molecule has 0 bridgehead atoms. The Labute approximate surface area is 196 Å². The third-order valence-electron chi connectivity index (χ3n) is 5.79. The van der Waals surface area contributed by atoms with Crippen molar-refractivity contribution in [3.63, 3.8) is 0 Å². The predicted molar refractivity (Wildman–Crippen MR) is 135 cm³/mol. The Kier molecular flexibility index (Phi) is 9.47. The van der Waals surface area contributed by atoms with Gasteiger partial charge in [-0.3, -0.25) is 9.69 Å². The van der Waals surface area contributed by atoms with Crippen molar-refractivity contribution in [3.05, 3.63) is 45.7 Å². The minimum absolute atomic E-state index is 0.0447. The minimum atomic E-state index is -0.0447. The molecule has 2 aromatic rings. The lowest BCUT2D eigenvalue weighted by Crippen LogP contribution is -2.43. The van der Waals surface area contributed by atoms with Crippen molar-refractivity contribution in [2.24, 2.45) is 0 Å². The lowest BCUT2D eigenvalue weighted by atomic mass is 10.1. The Hall–Kier alpha value is -2.00. The zero-order valence-corrected chi connectivity index (χ0v) is 20.5. The second-order valence-electron chi connectivity index (χ2n) is 8.83. The van der Waals surface area contributed by atoms with E-state index in [9.17, 15) is 4.79 Å². The van der Waals surface area contributed by atoms with Gasteiger partial charge >= 0.3 is 0 Å². The number of morpholine rings is 1. The molecule has 1 saturated heterocycles. The minimum Gasteiger partial charge on any atom is -0.379 e. The van der Waals surface area contributed by atoms with Gasteiger partial charge in [0.1, 0.15) is 0 Å². The zero-order chi connectivity index (χ0) is 22.9. The Bertz CT molecular complexity index is 940. The van der Waals surface area contributed by atoms with Crippen LogP contribution >= 0.6 is 12.2 Å². The van der Waals surface area contributed by atoms with Crippen LogP contribution in [0.3, 0.4) is 0 Å². The van der Waals surface area contributed by atoms with Crippen molar-refractivity contribution < 1.29 is 4.74 Å². The third-order valence-corrected chi connectivity index (χ3v) is 6.19. The summed E-state index contributed by atoms with van der Waals surface area (Å²) in [6.07, 6.45) is 2.01. The summed E-state index contributed by atoms with van der Waals surface area (Å²) in [5, 5.41) is 5.16. The van der Waals surface area contributed by atoms with Gasteiger partial charge in [-0.2, -0.15) is 0 Å². The van der Waals surface area contributed by atoms with Crippen molar-refractivity contribution in [2.75, 3.05) is 66.6 Å². The molecule has 0 aliphatic carbocycles. The fourth-order valence-corrected chi connectivity index (χ4v) is 4.21. The number of nitrogens with one attached hydrogen (secondary N) is 2. The maximum Gasteiger partial charge on any atom is 0.253 e. The van der Waals surface area contributed by atoms with Crippen LogP contribution in [0.4, 0.5) is 0 Å². The quantitative estimate of drug-likeness (QED) is 0.417. The summed E-state index contributed by atoms with van der Waals surface area (Å²) in [5.74, 6) is 0. The first-order valence-electron chi connectivity index (χ1n) is 11.5. The average Bonchev–Trinajstić information content (AvgIpc) is 2.77. The van der Waals surface area contributed by atoms with Gasteiger partial charge in [0.15, 0.2) is 5.11 Å². The lowest BCUT2D eigenvalue weighted by Gasteiger charge is -2.29. The summed E-state index contributed by atoms with van der Waals surface area (Å²) in [4.78, 5) is 22.6. The Balaban J connectivity index is 1.66. The number of rotatable bonds is 10. The lowest BCUT2D eigenvalue weighted by molar-refractivity contribution is 0.0367. The van der Waals surface area contributed by atoms with Crippen molar-refractivity contribution in [2.45, 2.75) is 26.3 Å². The topological polar surface area (TPSA) is 63.8 Å². The first kappa shape index (κ1) is 24.6. The molecule has 1 aromatic heterocycles. The van der Waals surface area contributed by atoms with Crippen LogP contribution < -0.4 is 10.9 Å². The highest BCUT2D eigenvalue weighted by molar-refractivity contribution is 7.80. The normalized spacial score (nSPS) is 14.8. The molecule has 0 saturated carbocycles. The number of aromatic amines is 1. The van der Waals surface area contributed by atoms with Gasteiger partial charge in [-0.1, -0.05) is 12.1 Å². The second kappa shape index (κ2) is 12.3. The molecule has 0 spiro atoms. The van der Waals surface area contributed by atoms with Gasteiger partial charge < -0.3 is 24.8 Å². The molecule has 1 aliphatic rings. The number of H-pyrrole nitrogens is 1. The van der Waals surface area contributed by atoms with Crippen LogP contribution in [-0.2, 0) is 11.3 Å². The highest BCUT2D eigenvalue weighted by Gasteiger charge is 2.15. The van der Waals surface area contributed by atoms with E-state index >= 15 is 0 Å². The van der Waals surface area contributed by atoms with E-state index in [1.165, 1.54) is 0 Å². The molecule has 0 amide bonds. The molecular formula is C24H37N5O2S. The maximum atomic E-state index is 12.8. The van der Waals surface area contributed by atoms with Crippen molar-refractivity contribution >= 4 is 28.2 Å². The van der Waals surface area contributed by atoms with Crippen LogP contribution in [0.2, 0.25) is 0 Å². The number of benzene rings is 1. The van der Waals surface area contributed by atoms with E-state index < -0.39 is 0 Å². The number of aryl methyl sites for hydroxylation is 1. The molecule has 0 unspecified atom stereocenters. The van der Waals surface area contributed by atoms with E-state index in [0.29, 0.717) is 11.7 Å². The molecule has 8 heteroatoms. The number of hydrogen-bond donors (Lipinski definition) is 2. The molecule has 2 N–H and O–H groups in total. The first-order valence-corrected chi connectivity index (χ1v) is 11.9. The largest absolute Gasteiger partial charge is 0.379 e. The van der Waals surface area contributed by atoms with E-state index in [2.05, 4.69) is 51.2 Å². The summed E-state index contributed by atoms with van der Waals surface area (Å²) < 4.78 is 5.45. The van der Waals surface area contributed by atoms with Gasteiger partial charge in [0.2, 0.25) is 0 Å². The molecular weight excluding hydrogens is 422 g/mol. The summed E-state index contributed by atoms with van der Waals surface area (Å²) in [6.45, 7) is 9.76. The fourth-order valence-electron chi connectivity index (χ4n) is 3.95. The molecule has 3 rings (SSSR count). The van der Waals surface area contributed by atoms with Crippen LogP contribution in [0, 0.1) is 6.92 Å². The monoisotopic (exact) mass is 459 g/mol. The number of nitrogens with zero attached hydrogens (tertiary/aromatic N) is 3. The van der Waals surface area contributed by atoms with E-state index in [-0.39, 0.29) is 5.56 Å². The summed E-state index contributed by atoms with van der Waals surface area (Å²) in [6, 6.07) is 8.14. The van der Waals surface area contributed by atoms with E-state index in [0.717, 1.165) is 87.4 Å². The third kappa shape index (κ3) is 7.55. The molecule has 2 heterocycles. The van der Waals surface area contributed by atoms with E-state index in [1.807, 2.05) is 19.1 Å². The predicted octanol–water partition coefficient (Wildman–Crippen LogP) is 2.19. The molecule has 1 aromatic carbocycles.